The number of amides is 1. The largest absolute Gasteiger partial charge is 0.472 e. The highest BCUT2D eigenvalue weighted by molar-refractivity contribution is 9.10. The van der Waals surface area contributed by atoms with E-state index < -0.39 is 23.3 Å². The molecule has 0 saturated carbocycles. The second kappa shape index (κ2) is 10.1. The third kappa shape index (κ3) is 6.08. The minimum Gasteiger partial charge on any atom is -0.472 e. The summed E-state index contributed by atoms with van der Waals surface area (Å²) in [6.07, 6.45) is -0.588. The van der Waals surface area contributed by atoms with Crippen LogP contribution in [0.4, 0.5) is 9.18 Å². The van der Waals surface area contributed by atoms with Crippen LogP contribution in [0.5, 0.6) is 5.88 Å². The summed E-state index contributed by atoms with van der Waals surface area (Å²) in [7, 11) is 0. The van der Waals surface area contributed by atoms with Crippen molar-refractivity contribution in [1.82, 2.24) is 29.5 Å². The van der Waals surface area contributed by atoms with Gasteiger partial charge in [-0.2, -0.15) is 0 Å². The SMILES string of the molecule is CC(C)(C)OC(=O)NSNCCOc1nonc1-c1noc(=O)n1-c1ccc(F)c(Br)c1. The van der Waals surface area contributed by atoms with Crippen LogP contribution in [0.1, 0.15) is 20.8 Å². The van der Waals surface area contributed by atoms with Crippen molar-refractivity contribution >= 4 is 34.2 Å². The molecular weight excluding hydrogens is 515 g/mol. The molecule has 2 aromatic heterocycles. The summed E-state index contributed by atoms with van der Waals surface area (Å²) in [5, 5.41) is 11.1. The Morgan fingerprint density at radius 2 is 2.09 bits per heavy atom. The summed E-state index contributed by atoms with van der Waals surface area (Å²) >= 11 is 3.99. The summed E-state index contributed by atoms with van der Waals surface area (Å²) in [6, 6.07) is 3.93. The highest BCUT2D eigenvalue weighted by atomic mass is 79.9. The number of benzene rings is 1. The van der Waals surface area contributed by atoms with Crippen molar-refractivity contribution in [3.8, 4) is 23.1 Å². The third-order valence-electron chi connectivity index (χ3n) is 3.48. The van der Waals surface area contributed by atoms with Crippen LogP contribution >= 0.6 is 28.1 Å². The predicted molar refractivity (Wildman–Crippen MR) is 114 cm³/mol. The van der Waals surface area contributed by atoms with E-state index in [2.05, 4.69) is 40.8 Å². The van der Waals surface area contributed by atoms with Crippen LogP contribution in [0.2, 0.25) is 0 Å². The number of nitrogens with zero attached hydrogens (tertiary/aromatic N) is 4. The molecule has 0 aliphatic heterocycles. The second-order valence-corrected chi connectivity index (χ2v) is 8.62. The summed E-state index contributed by atoms with van der Waals surface area (Å²) in [6.45, 7) is 5.67. The Morgan fingerprint density at radius 3 is 2.81 bits per heavy atom. The van der Waals surface area contributed by atoms with Crippen LogP contribution in [-0.2, 0) is 4.74 Å². The Hall–Kier alpha value is -2.91. The number of hydrogen-bond donors (Lipinski definition) is 2. The van der Waals surface area contributed by atoms with E-state index in [-0.39, 0.29) is 34.2 Å². The molecule has 0 unspecified atom stereocenters. The fourth-order valence-electron chi connectivity index (χ4n) is 2.28. The molecule has 0 saturated heterocycles. The zero-order valence-electron chi connectivity index (χ0n) is 17.0. The first-order chi connectivity index (χ1) is 15.2. The lowest BCUT2D eigenvalue weighted by atomic mass is 10.2. The lowest BCUT2D eigenvalue weighted by Gasteiger charge is -2.19. The maximum atomic E-state index is 13.6. The maximum Gasteiger partial charge on any atom is 0.446 e. The van der Waals surface area contributed by atoms with Gasteiger partial charge in [-0.15, -0.1) is 0 Å². The third-order valence-corrected chi connectivity index (χ3v) is 4.71. The van der Waals surface area contributed by atoms with E-state index in [0.29, 0.717) is 6.54 Å². The fraction of sp³-hybridized carbons (Fsp3) is 0.353. The van der Waals surface area contributed by atoms with E-state index in [1.54, 1.807) is 20.8 Å². The molecule has 0 radical (unpaired) electrons. The highest BCUT2D eigenvalue weighted by Gasteiger charge is 2.24. The minimum absolute atomic E-state index is 0.0100. The topological polar surface area (TPSA) is 147 Å². The first-order valence-electron chi connectivity index (χ1n) is 9.03. The van der Waals surface area contributed by atoms with Crippen molar-refractivity contribution in [2.75, 3.05) is 13.2 Å². The van der Waals surface area contributed by atoms with Crippen LogP contribution in [0, 0.1) is 5.82 Å². The van der Waals surface area contributed by atoms with Gasteiger partial charge in [-0.25, -0.2) is 27.9 Å². The zero-order chi connectivity index (χ0) is 23.3. The molecule has 1 aromatic carbocycles. The van der Waals surface area contributed by atoms with Gasteiger partial charge in [0.15, 0.2) is 0 Å². The first kappa shape index (κ1) is 23.7. The predicted octanol–water partition coefficient (Wildman–Crippen LogP) is 2.83. The minimum atomic E-state index is -0.821. The van der Waals surface area contributed by atoms with Crippen LogP contribution in [0.25, 0.3) is 17.2 Å². The van der Waals surface area contributed by atoms with Gasteiger partial charge in [-0.3, -0.25) is 9.25 Å². The molecule has 2 heterocycles. The Kier molecular flexibility index (Phi) is 7.52. The lowest BCUT2D eigenvalue weighted by molar-refractivity contribution is 0.0574. The van der Waals surface area contributed by atoms with E-state index in [4.69, 9.17) is 18.6 Å². The van der Waals surface area contributed by atoms with E-state index in [1.165, 1.54) is 18.2 Å². The van der Waals surface area contributed by atoms with Crippen molar-refractivity contribution < 1.29 is 27.8 Å². The number of hydrogen-bond acceptors (Lipinski definition) is 11. The number of aromatic nitrogens is 4. The van der Waals surface area contributed by atoms with Gasteiger partial charge in [0.25, 0.3) is 5.88 Å². The number of halogens is 2. The Labute approximate surface area is 193 Å². The zero-order valence-corrected chi connectivity index (χ0v) is 19.5. The number of nitrogens with one attached hydrogen (secondary N) is 2. The lowest BCUT2D eigenvalue weighted by Crippen LogP contribution is -2.31. The second-order valence-electron chi connectivity index (χ2n) is 7.07. The molecule has 0 spiro atoms. The molecule has 0 atom stereocenters. The van der Waals surface area contributed by atoms with Crippen molar-refractivity contribution in [3.63, 3.8) is 0 Å². The van der Waals surface area contributed by atoms with E-state index in [9.17, 15) is 14.0 Å². The molecule has 3 aromatic rings. The molecule has 0 aliphatic rings. The number of ether oxygens (including phenoxy) is 2. The van der Waals surface area contributed by atoms with Gasteiger partial charge in [-0.05, 0) is 65.2 Å². The molecule has 2 N–H and O–H groups in total. The summed E-state index contributed by atoms with van der Waals surface area (Å²) in [5.41, 5.74) is -0.314. The summed E-state index contributed by atoms with van der Waals surface area (Å²) in [5.74, 6) is -1.41. The monoisotopic (exact) mass is 532 g/mol. The van der Waals surface area contributed by atoms with Gasteiger partial charge < -0.3 is 9.47 Å². The molecule has 12 nitrogen and oxygen atoms in total. The van der Waals surface area contributed by atoms with Crippen molar-refractivity contribution in [2.45, 2.75) is 26.4 Å². The molecule has 0 bridgehead atoms. The molecule has 172 valence electrons. The fourth-order valence-corrected chi connectivity index (χ4v) is 3.03. The maximum absolute atomic E-state index is 13.6. The van der Waals surface area contributed by atoms with Crippen LogP contribution in [-0.4, -0.2) is 44.9 Å². The van der Waals surface area contributed by atoms with Crippen LogP contribution in [0.3, 0.4) is 0 Å². The molecule has 15 heteroatoms. The van der Waals surface area contributed by atoms with E-state index in [0.717, 1.165) is 16.7 Å². The molecule has 3 rings (SSSR count). The van der Waals surface area contributed by atoms with Gasteiger partial charge in [0.05, 0.1) is 10.2 Å². The van der Waals surface area contributed by atoms with Gasteiger partial charge >= 0.3 is 11.8 Å². The number of rotatable bonds is 8. The summed E-state index contributed by atoms with van der Waals surface area (Å²) < 4.78 is 40.1. The van der Waals surface area contributed by atoms with Crippen molar-refractivity contribution in [2.24, 2.45) is 0 Å². The van der Waals surface area contributed by atoms with Crippen molar-refractivity contribution in [1.29, 1.82) is 0 Å². The molecule has 1 amide bonds. The normalized spacial score (nSPS) is 11.4. The van der Waals surface area contributed by atoms with Crippen molar-refractivity contribution in [3.05, 3.63) is 39.0 Å². The Bertz CT molecular complexity index is 1140. The quantitative estimate of drug-likeness (QED) is 0.326. The average Bonchev–Trinajstić information content (AvgIpc) is 3.31. The average molecular weight is 533 g/mol. The van der Waals surface area contributed by atoms with Crippen LogP contribution < -0.4 is 19.9 Å². The smallest absolute Gasteiger partial charge is 0.446 e. The van der Waals surface area contributed by atoms with Gasteiger partial charge in [-0.1, -0.05) is 5.16 Å². The molecule has 0 fully saturated rings. The molecule has 32 heavy (non-hydrogen) atoms. The number of carbonyl (C=O) groups excluding carboxylic acids is 1. The Balaban J connectivity index is 1.61. The first-order valence-corrected chi connectivity index (χ1v) is 10.6. The van der Waals surface area contributed by atoms with Gasteiger partial charge in [0, 0.05) is 18.7 Å². The molecule has 0 aliphatic carbocycles. The van der Waals surface area contributed by atoms with E-state index in [1.807, 2.05) is 0 Å². The standard InChI is InChI=1S/C17H18BrFN6O6S/c1-17(2,3)29-15(26)24-32-20-6-7-28-14-12(21-31-23-14)13-22-30-16(27)25(13)9-4-5-11(19)10(18)8-9/h4-5,8,20H,6-7H2,1-3H3,(H,24,26). The summed E-state index contributed by atoms with van der Waals surface area (Å²) in [4.78, 5) is 23.7. The number of carbonyl (C=O) groups is 1. The molecular formula is C17H18BrFN6O6S. The van der Waals surface area contributed by atoms with Crippen LogP contribution in [0.15, 0.2) is 36.6 Å². The van der Waals surface area contributed by atoms with Gasteiger partial charge in [0.1, 0.15) is 18.0 Å². The van der Waals surface area contributed by atoms with Gasteiger partial charge in [0.2, 0.25) is 11.5 Å². The highest BCUT2D eigenvalue weighted by Crippen LogP contribution is 2.27. The van der Waals surface area contributed by atoms with E-state index >= 15 is 0 Å². The Morgan fingerprint density at radius 1 is 1.31 bits per heavy atom.